The molecule has 3 heterocycles. The molecule has 2 N–H and O–H groups in total. The molecule has 0 spiro atoms. The van der Waals surface area contributed by atoms with E-state index in [1.165, 1.54) is 17.3 Å². The second-order valence-corrected chi connectivity index (χ2v) is 8.55. The van der Waals surface area contributed by atoms with Gasteiger partial charge in [-0.2, -0.15) is 0 Å². The summed E-state index contributed by atoms with van der Waals surface area (Å²) in [5.41, 5.74) is 4.48. The molecule has 2 aliphatic rings. The van der Waals surface area contributed by atoms with Crippen LogP contribution in [0.3, 0.4) is 0 Å². The maximum atomic E-state index is 13.7. The maximum absolute atomic E-state index is 13.7. The number of pyridine rings is 1. The first-order chi connectivity index (χ1) is 15.2. The lowest BCUT2D eigenvalue weighted by molar-refractivity contribution is 0.0915. The van der Waals surface area contributed by atoms with Gasteiger partial charge in [-0.05, 0) is 79.8 Å². The third-order valence-electron chi connectivity index (χ3n) is 6.47. The lowest BCUT2D eigenvalue weighted by Crippen LogP contribution is -2.40. The highest BCUT2D eigenvalue weighted by Crippen LogP contribution is 2.38. The van der Waals surface area contributed by atoms with Gasteiger partial charge in [-0.25, -0.2) is 4.39 Å². The zero-order valence-corrected chi connectivity index (χ0v) is 17.2. The molecule has 1 aliphatic heterocycles. The highest BCUT2D eigenvalue weighted by atomic mass is 19.1. The topological polar surface area (TPSA) is 59.2 Å². The van der Waals surface area contributed by atoms with Crippen molar-refractivity contribution in [3.63, 3.8) is 0 Å². The Bertz CT molecular complexity index is 1270. The number of rotatable bonds is 4. The van der Waals surface area contributed by atoms with Crippen LogP contribution >= 0.6 is 0 Å². The van der Waals surface area contributed by atoms with E-state index in [-0.39, 0.29) is 11.9 Å². The average molecular weight is 417 g/mol. The summed E-state index contributed by atoms with van der Waals surface area (Å²) in [6, 6.07) is 12.8. The van der Waals surface area contributed by atoms with Gasteiger partial charge in [-0.3, -0.25) is 4.98 Å². The first kappa shape index (κ1) is 18.6. The summed E-state index contributed by atoms with van der Waals surface area (Å²) in [5, 5.41) is 5.59. The Hall–Kier alpha value is -3.12. The predicted octanol–water partition coefficient (Wildman–Crippen LogP) is 4.39. The summed E-state index contributed by atoms with van der Waals surface area (Å²) >= 11 is 0. The van der Waals surface area contributed by atoms with Crippen molar-refractivity contribution in [3.05, 3.63) is 65.7 Å². The third kappa shape index (κ3) is 3.41. The number of H-pyrrole nitrogens is 1. The van der Waals surface area contributed by atoms with Crippen molar-refractivity contribution in [1.29, 1.82) is 0 Å². The van der Waals surface area contributed by atoms with Gasteiger partial charge in [0.15, 0.2) is 11.5 Å². The summed E-state index contributed by atoms with van der Waals surface area (Å²) < 4.78 is 26.0. The van der Waals surface area contributed by atoms with Crippen LogP contribution in [0.5, 0.6) is 11.5 Å². The molecule has 0 fully saturated rings. The molecule has 158 valence electrons. The highest BCUT2D eigenvalue weighted by Gasteiger charge is 2.25. The Balaban J connectivity index is 1.10. The predicted molar refractivity (Wildman–Crippen MR) is 118 cm³/mol. The molecule has 0 saturated heterocycles. The smallest absolute Gasteiger partial charge is 0.171 e. The van der Waals surface area contributed by atoms with E-state index in [0.29, 0.717) is 12.5 Å². The second-order valence-electron chi connectivity index (χ2n) is 8.55. The fourth-order valence-electron chi connectivity index (χ4n) is 4.91. The Morgan fingerprint density at radius 2 is 2.10 bits per heavy atom. The quantitative estimate of drug-likeness (QED) is 0.517. The molecule has 31 heavy (non-hydrogen) atoms. The van der Waals surface area contributed by atoms with Crippen molar-refractivity contribution in [1.82, 2.24) is 15.3 Å². The van der Waals surface area contributed by atoms with Gasteiger partial charge in [0, 0.05) is 34.7 Å². The van der Waals surface area contributed by atoms with Gasteiger partial charge >= 0.3 is 0 Å². The van der Waals surface area contributed by atoms with E-state index >= 15 is 0 Å². The summed E-state index contributed by atoms with van der Waals surface area (Å²) in [4.78, 5) is 7.87. The molecule has 6 heteroatoms. The summed E-state index contributed by atoms with van der Waals surface area (Å²) in [6.45, 7) is 2.16. The molecule has 0 saturated carbocycles. The molecular formula is C25H24FN3O2. The van der Waals surface area contributed by atoms with Crippen LogP contribution < -0.4 is 14.8 Å². The van der Waals surface area contributed by atoms with Gasteiger partial charge in [0.1, 0.15) is 18.5 Å². The molecule has 0 bridgehead atoms. The Kier molecular flexibility index (Phi) is 4.53. The number of hydrogen-bond acceptors (Lipinski definition) is 4. The number of halogens is 1. The van der Waals surface area contributed by atoms with E-state index in [0.717, 1.165) is 65.7 Å². The molecule has 4 aromatic rings. The van der Waals surface area contributed by atoms with E-state index in [2.05, 4.69) is 15.3 Å². The minimum absolute atomic E-state index is 0.0420. The molecule has 2 aromatic carbocycles. The standard InChI is InChI=1S/C25H24FN3O2/c26-16-4-6-23-20(11-16)19-10-15(3-5-22(19)29-23)12-27-13-17-14-30-24-8-7-21-18(25(24)31-17)2-1-9-28-21/h1-2,4,6-9,11,15,17,27,29H,3,5,10,12-14H2/t15-,17+/m1/s1. The summed E-state index contributed by atoms with van der Waals surface area (Å²) in [7, 11) is 0. The van der Waals surface area contributed by atoms with Crippen LogP contribution in [0.2, 0.25) is 0 Å². The number of aromatic nitrogens is 2. The largest absolute Gasteiger partial charge is 0.486 e. The lowest BCUT2D eigenvalue weighted by Gasteiger charge is -2.29. The van der Waals surface area contributed by atoms with Crippen molar-refractivity contribution in [2.24, 2.45) is 5.92 Å². The van der Waals surface area contributed by atoms with Crippen molar-refractivity contribution in [3.8, 4) is 11.5 Å². The van der Waals surface area contributed by atoms with Gasteiger partial charge in [-0.1, -0.05) is 0 Å². The third-order valence-corrected chi connectivity index (χ3v) is 6.47. The first-order valence-electron chi connectivity index (χ1n) is 10.9. The zero-order valence-electron chi connectivity index (χ0n) is 17.2. The molecule has 0 amide bonds. The van der Waals surface area contributed by atoms with E-state index < -0.39 is 0 Å². The number of fused-ring (bicyclic) bond motifs is 6. The Labute approximate surface area is 179 Å². The van der Waals surface area contributed by atoms with Crippen molar-refractivity contribution < 1.29 is 13.9 Å². The molecular weight excluding hydrogens is 393 g/mol. The number of ether oxygens (including phenoxy) is 2. The molecule has 6 rings (SSSR count). The lowest BCUT2D eigenvalue weighted by atomic mass is 9.86. The highest BCUT2D eigenvalue weighted by molar-refractivity contribution is 5.88. The van der Waals surface area contributed by atoms with Gasteiger partial charge in [-0.15, -0.1) is 0 Å². The fourth-order valence-corrected chi connectivity index (χ4v) is 4.91. The first-order valence-corrected chi connectivity index (χ1v) is 10.9. The Morgan fingerprint density at radius 3 is 3.06 bits per heavy atom. The van der Waals surface area contributed by atoms with Crippen molar-refractivity contribution in [2.45, 2.75) is 25.4 Å². The van der Waals surface area contributed by atoms with Gasteiger partial charge in [0.05, 0.1) is 5.52 Å². The van der Waals surface area contributed by atoms with Gasteiger partial charge in [0.2, 0.25) is 0 Å². The number of benzene rings is 2. The minimum Gasteiger partial charge on any atom is -0.486 e. The number of nitrogens with zero attached hydrogens (tertiary/aromatic N) is 1. The van der Waals surface area contributed by atoms with Crippen LogP contribution in [0.15, 0.2) is 48.7 Å². The average Bonchev–Trinajstić information content (AvgIpc) is 3.16. The van der Waals surface area contributed by atoms with E-state index in [9.17, 15) is 4.39 Å². The number of aromatic amines is 1. The fraction of sp³-hybridized carbons (Fsp3) is 0.320. The van der Waals surface area contributed by atoms with Crippen LogP contribution in [-0.4, -0.2) is 35.8 Å². The van der Waals surface area contributed by atoms with Crippen LogP contribution in [0.25, 0.3) is 21.8 Å². The normalized spacial score (nSPS) is 20.2. The molecule has 5 nitrogen and oxygen atoms in total. The minimum atomic E-state index is -0.174. The maximum Gasteiger partial charge on any atom is 0.171 e. The van der Waals surface area contributed by atoms with Crippen LogP contribution in [0.4, 0.5) is 4.39 Å². The SMILES string of the molecule is Fc1ccc2[nH]c3c(c2c1)C[C@H](CNC[C@H]1COc2ccc4ncccc4c2O1)CC3. The number of aryl methyl sites for hydroxylation is 1. The second kappa shape index (κ2) is 7.54. The summed E-state index contributed by atoms with van der Waals surface area (Å²) in [6.07, 6.45) is 4.84. The molecule has 1 aliphatic carbocycles. The van der Waals surface area contributed by atoms with Crippen molar-refractivity contribution in [2.75, 3.05) is 19.7 Å². The van der Waals surface area contributed by atoms with E-state index in [1.54, 1.807) is 12.3 Å². The van der Waals surface area contributed by atoms with Gasteiger partial charge < -0.3 is 19.8 Å². The molecule has 2 atom stereocenters. The monoisotopic (exact) mass is 417 g/mol. The van der Waals surface area contributed by atoms with Crippen LogP contribution in [0, 0.1) is 11.7 Å². The van der Waals surface area contributed by atoms with E-state index in [4.69, 9.17) is 9.47 Å². The van der Waals surface area contributed by atoms with Crippen molar-refractivity contribution >= 4 is 21.8 Å². The summed E-state index contributed by atoms with van der Waals surface area (Å²) in [5.74, 6) is 1.92. The number of hydrogen-bond donors (Lipinski definition) is 2. The van der Waals surface area contributed by atoms with Gasteiger partial charge in [0.25, 0.3) is 0 Å². The molecule has 0 unspecified atom stereocenters. The number of nitrogens with one attached hydrogen (secondary N) is 2. The molecule has 0 radical (unpaired) electrons. The zero-order chi connectivity index (χ0) is 20.8. The molecule has 2 aromatic heterocycles. The van der Waals surface area contributed by atoms with Crippen LogP contribution in [-0.2, 0) is 12.8 Å². The Morgan fingerprint density at radius 1 is 1.13 bits per heavy atom. The van der Waals surface area contributed by atoms with E-state index in [1.807, 2.05) is 30.3 Å². The van der Waals surface area contributed by atoms with Crippen LogP contribution in [0.1, 0.15) is 17.7 Å².